The van der Waals surface area contributed by atoms with Crippen molar-refractivity contribution in [1.29, 1.82) is 0 Å². The summed E-state index contributed by atoms with van der Waals surface area (Å²) < 4.78 is 6.68. The number of aromatic nitrogens is 2. The highest BCUT2D eigenvalue weighted by Gasteiger charge is 2.13. The Morgan fingerprint density at radius 3 is 2.72 bits per heavy atom. The van der Waals surface area contributed by atoms with Crippen LogP contribution in [0, 0.1) is 6.92 Å². The van der Waals surface area contributed by atoms with E-state index in [1.54, 1.807) is 47.9 Å². The Kier molecular flexibility index (Phi) is 6.29. The van der Waals surface area contributed by atoms with Crippen LogP contribution in [0.25, 0.3) is 11.0 Å². The van der Waals surface area contributed by atoms with Crippen LogP contribution in [0.3, 0.4) is 0 Å². The summed E-state index contributed by atoms with van der Waals surface area (Å²) in [5, 5.41) is 3.25. The van der Waals surface area contributed by atoms with E-state index in [1.807, 2.05) is 13.0 Å². The summed E-state index contributed by atoms with van der Waals surface area (Å²) in [4.78, 5) is 40.7. The molecule has 1 heterocycles. The average molecular weight is 414 g/mol. The van der Waals surface area contributed by atoms with Gasteiger partial charge in [0.1, 0.15) is 5.69 Å². The van der Waals surface area contributed by atoms with Crippen molar-refractivity contribution >= 4 is 34.5 Å². The zero-order valence-electron chi connectivity index (χ0n) is 16.1. The minimum Gasteiger partial charge on any atom is -0.452 e. The van der Waals surface area contributed by atoms with E-state index in [1.165, 1.54) is 0 Å². The summed E-state index contributed by atoms with van der Waals surface area (Å²) in [6.45, 7) is 3.87. The lowest BCUT2D eigenvalue weighted by Crippen LogP contribution is -2.28. The molecule has 1 aromatic heterocycles. The van der Waals surface area contributed by atoms with Gasteiger partial charge < -0.3 is 14.6 Å². The molecule has 0 bridgehead atoms. The van der Waals surface area contributed by atoms with Gasteiger partial charge >= 0.3 is 5.97 Å². The van der Waals surface area contributed by atoms with Crippen LogP contribution in [0.1, 0.15) is 28.5 Å². The molecule has 0 aliphatic heterocycles. The Bertz CT molecular complexity index is 1140. The van der Waals surface area contributed by atoms with Gasteiger partial charge in [-0.1, -0.05) is 23.7 Å². The molecular weight excluding hydrogens is 394 g/mol. The molecule has 0 unspecified atom stereocenters. The van der Waals surface area contributed by atoms with Crippen molar-refractivity contribution in [3.05, 3.63) is 74.7 Å². The van der Waals surface area contributed by atoms with Crippen LogP contribution in [-0.4, -0.2) is 28.0 Å². The van der Waals surface area contributed by atoms with Gasteiger partial charge in [-0.15, -0.1) is 0 Å². The van der Waals surface area contributed by atoms with Gasteiger partial charge in [0.05, 0.1) is 16.6 Å². The monoisotopic (exact) mass is 413 g/mol. The van der Waals surface area contributed by atoms with Gasteiger partial charge in [0.15, 0.2) is 6.61 Å². The summed E-state index contributed by atoms with van der Waals surface area (Å²) in [6, 6.07) is 11.9. The van der Waals surface area contributed by atoms with Crippen molar-refractivity contribution in [2.45, 2.75) is 26.9 Å². The number of hydrogen-bond acceptors (Lipinski definition) is 5. The van der Waals surface area contributed by atoms with Crippen molar-refractivity contribution < 1.29 is 14.3 Å². The number of carbonyl (C=O) groups excluding carboxylic acids is 2. The highest BCUT2D eigenvalue weighted by Crippen LogP contribution is 2.14. The van der Waals surface area contributed by atoms with Gasteiger partial charge in [-0.3, -0.25) is 9.59 Å². The van der Waals surface area contributed by atoms with E-state index in [0.29, 0.717) is 28.3 Å². The van der Waals surface area contributed by atoms with Crippen LogP contribution < -0.4 is 10.9 Å². The molecule has 3 rings (SSSR count). The first-order valence-corrected chi connectivity index (χ1v) is 9.46. The largest absolute Gasteiger partial charge is 0.452 e. The number of aryl methyl sites for hydroxylation is 2. The number of nitrogens with zero attached hydrogens (tertiary/aromatic N) is 2. The highest BCUT2D eigenvalue weighted by molar-refractivity contribution is 6.30. The van der Waals surface area contributed by atoms with E-state index in [0.717, 1.165) is 5.56 Å². The molecule has 0 aliphatic rings. The number of fused-ring (bicyclic) bond motifs is 1. The van der Waals surface area contributed by atoms with Crippen molar-refractivity contribution in [3.8, 4) is 0 Å². The number of nitrogens with one attached hydrogen (secondary N) is 1. The molecule has 0 spiro atoms. The Morgan fingerprint density at radius 1 is 1.21 bits per heavy atom. The van der Waals surface area contributed by atoms with Crippen LogP contribution in [0.4, 0.5) is 0 Å². The first kappa shape index (κ1) is 20.5. The predicted molar refractivity (Wildman–Crippen MR) is 110 cm³/mol. The highest BCUT2D eigenvalue weighted by atomic mass is 35.5. The van der Waals surface area contributed by atoms with Crippen molar-refractivity contribution in [3.63, 3.8) is 0 Å². The number of benzene rings is 2. The van der Waals surface area contributed by atoms with E-state index in [4.69, 9.17) is 16.3 Å². The van der Waals surface area contributed by atoms with E-state index in [-0.39, 0.29) is 17.7 Å². The third-order valence-corrected chi connectivity index (χ3v) is 4.61. The van der Waals surface area contributed by atoms with E-state index >= 15 is 0 Å². The lowest BCUT2D eigenvalue weighted by molar-refractivity contribution is -0.124. The third kappa shape index (κ3) is 4.81. The molecule has 150 valence electrons. The van der Waals surface area contributed by atoms with Crippen molar-refractivity contribution in [1.82, 2.24) is 14.9 Å². The fraction of sp³-hybridized carbons (Fsp3) is 0.238. The fourth-order valence-electron chi connectivity index (χ4n) is 2.93. The topological polar surface area (TPSA) is 90.3 Å². The minimum absolute atomic E-state index is 0.160. The molecule has 1 amide bonds. The SMILES string of the molecule is CCn1c(=O)c(C)nc2cc(C(=O)OCC(=O)NCc3cccc(Cl)c3)ccc21. The lowest BCUT2D eigenvalue weighted by Gasteiger charge is -2.10. The fourth-order valence-corrected chi connectivity index (χ4v) is 3.14. The molecule has 0 radical (unpaired) electrons. The van der Waals surface area contributed by atoms with E-state index in [9.17, 15) is 14.4 Å². The minimum atomic E-state index is -0.640. The van der Waals surface area contributed by atoms with Crippen LogP contribution in [0.5, 0.6) is 0 Å². The number of amides is 1. The maximum atomic E-state index is 12.3. The summed E-state index contributed by atoms with van der Waals surface area (Å²) in [6.07, 6.45) is 0. The van der Waals surface area contributed by atoms with Gasteiger partial charge in [-0.2, -0.15) is 0 Å². The van der Waals surface area contributed by atoms with Crippen molar-refractivity contribution in [2.75, 3.05) is 6.61 Å². The summed E-state index contributed by atoms with van der Waals surface area (Å²) >= 11 is 5.90. The molecule has 8 heteroatoms. The normalized spacial score (nSPS) is 10.7. The molecule has 0 saturated carbocycles. The molecule has 0 aliphatic carbocycles. The molecule has 7 nitrogen and oxygen atoms in total. The molecule has 2 aromatic carbocycles. The Morgan fingerprint density at radius 2 is 2.00 bits per heavy atom. The summed E-state index contributed by atoms with van der Waals surface area (Å²) in [7, 11) is 0. The van der Waals surface area contributed by atoms with Crippen LogP contribution in [0.15, 0.2) is 47.3 Å². The van der Waals surface area contributed by atoms with Gasteiger partial charge in [0, 0.05) is 18.1 Å². The second-order valence-electron chi connectivity index (χ2n) is 6.43. The van der Waals surface area contributed by atoms with Gasteiger partial charge in [-0.05, 0) is 49.7 Å². The molecule has 1 N–H and O–H groups in total. The first-order valence-electron chi connectivity index (χ1n) is 9.08. The number of esters is 1. The molecule has 0 atom stereocenters. The molecule has 0 fully saturated rings. The van der Waals surface area contributed by atoms with Crippen LogP contribution in [0.2, 0.25) is 5.02 Å². The van der Waals surface area contributed by atoms with Crippen molar-refractivity contribution in [2.24, 2.45) is 0 Å². The first-order chi connectivity index (χ1) is 13.9. The predicted octanol–water partition coefficient (Wildman–Crippen LogP) is 2.85. The zero-order valence-corrected chi connectivity index (χ0v) is 16.8. The second-order valence-corrected chi connectivity index (χ2v) is 6.87. The second kappa shape index (κ2) is 8.87. The van der Waals surface area contributed by atoms with Crippen LogP contribution >= 0.6 is 11.6 Å². The Labute approximate surface area is 172 Å². The number of ether oxygens (including phenoxy) is 1. The quantitative estimate of drug-likeness (QED) is 0.627. The van der Waals surface area contributed by atoms with E-state index < -0.39 is 18.5 Å². The van der Waals surface area contributed by atoms with Gasteiger partial charge in [-0.25, -0.2) is 9.78 Å². The molecule has 3 aromatic rings. The summed E-state index contributed by atoms with van der Waals surface area (Å²) in [5.41, 5.74) is 2.45. The zero-order chi connectivity index (χ0) is 21.0. The summed E-state index contributed by atoms with van der Waals surface area (Å²) in [5.74, 6) is -1.06. The van der Waals surface area contributed by atoms with Gasteiger partial charge in [0.2, 0.25) is 0 Å². The standard InChI is InChI=1S/C21H20ClN3O4/c1-3-25-18-8-7-15(10-17(18)24-13(2)20(25)27)21(28)29-12-19(26)23-11-14-5-4-6-16(22)9-14/h4-10H,3,11-12H2,1-2H3,(H,23,26). The third-order valence-electron chi connectivity index (χ3n) is 4.37. The maximum absolute atomic E-state index is 12.3. The number of carbonyl (C=O) groups is 2. The van der Waals surface area contributed by atoms with Gasteiger partial charge in [0.25, 0.3) is 11.5 Å². The number of halogens is 1. The van der Waals surface area contributed by atoms with Crippen LogP contribution in [-0.2, 0) is 22.6 Å². The smallest absolute Gasteiger partial charge is 0.338 e. The Balaban J connectivity index is 1.64. The lowest BCUT2D eigenvalue weighted by atomic mass is 10.2. The number of hydrogen-bond donors (Lipinski definition) is 1. The average Bonchev–Trinajstić information content (AvgIpc) is 2.71. The maximum Gasteiger partial charge on any atom is 0.338 e. The molecule has 0 saturated heterocycles. The molecular formula is C21H20ClN3O4. The molecule has 29 heavy (non-hydrogen) atoms. The Hall–Kier alpha value is -3.19. The van der Waals surface area contributed by atoms with E-state index in [2.05, 4.69) is 10.3 Å². The number of rotatable bonds is 6.